The van der Waals surface area contributed by atoms with Gasteiger partial charge in [0, 0.05) is 18.5 Å². The minimum atomic E-state index is -0.443. The van der Waals surface area contributed by atoms with E-state index in [2.05, 4.69) is 0 Å². The molecule has 5 heteroatoms. The topological polar surface area (TPSA) is 20.3 Å². The van der Waals surface area contributed by atoms with Crippen molar-refractivity contribution < 1.29 is 9.18 Å². The first-order chi connectivity index (χ1) is 8.13. The Bertz CT molecular complexity index is 435. The summed E-state index contributed by atoms with van der Waals surface area (Å²) < 4.78 is 12.9. The molecule has 1 aromatic rings. The monoisotopic (exact) mass is 275 g/mol. The fourth-order valence-corrected chi connectivity index (χ4v) is 2.18. The van der Waals surface area contributed by atoms with E-state index >= 15 is 0 Å². The van der Waals surface area contributed by atoms with E-state index in [1.165, 1.54) is 12.1 Å². The molecular formula is C12H12Cl2FNO. The first-order valence-corrected chi connectivity index (χ1v) is 6.36. The lowest BCUT2D eigenvalue weighted by molar-refractivity contribution is 0.0754. The van der Waals surface area contributed by atoms with Crippen LogP contribution >= 0.6 is 23.2 Å². The highest BCUT2D eigenvalue weighted by Crippen LogP contribution is 2.29. The van der Waals surface area contributed by atoms with E-state index in [-0.39, 0.29) is 17.0 Å². The molecule has 0 bridgehead atoms. The summed E-state index contributed by atoms with van der Waals surface area (Å²) in [6, 6.07) is 4.08. The van der Waals surface area contributed by atoms with Crippen molar-refractivity contribution in [1.82, 2.24) is 4.90 Å². The van der Waals surface area contributed by atoms with Gasteiger partial charge in [-0.25, -0.2) is 4.39 Å². The normalized spacial score (nSPS) is 14.8. The zero-order valence-corrected chi connectivity index (χ0v) is 10.6. The number of nitrogens with zero attached hydrogens (tertiary/aromatic N) is 1. The molecule has 1 aliphatic carbocycles. The Labute approximate surface area is 109 Å². The van der Waals surface area contributed by atoms with Crippen molar-refractivity contribution >= 4 is 29.1 Å². The van der Waals surface area contributed by atoms with Crippen molar-refractivity contribution in [3.05, 3.63) is 34.6 Å². The van der Waals surface area contributed by atoms with Crippen LogP contribution in [0.1, 0.15) is 23.2 Å². The molecule has 0 unspecified atom stereocenters. The highest BCUT2D eigenvalue weighted by atomic mass is 35.5. The van der Waals surface area contributed by atoms with Gasteiger partial charge in [-0.05, 0) is 31.0 Å². The maximum Gasteiger partial charge on any atom is 0.255 e. The van der Waals surface area contributed by atoms with Gasteiger partial charge in [-0.15, -0.1) is 11.6 Å². The van der Waals surface area contributed by atoms with Gasteiger partial charge in [0.25, 0.3) is 5.91 Å². The molecule has 2 rings (SSSR count). The molecule has 0 N–H and O–H groups in total. The molecule has 0 atom stereocenters. The molecule has 0 saturated heterocycles. The average Bonchev–Trinajstić information content (AvgIpc) is 3.09. The van der Waals surface area contributed by atoms with Gasteiger partial charge < -0.3 is 4.90 Å². The van der Waals surface area contributed by atoms with Crippen LogP contribution in [0.4, 0.5) is 4.39 Å². The summed E-state index contributed by atoms with van der Waals surface area (Å²) in [7, 11) is 0. The molecule has 0 heterocycles. The number of carbonyl (C=O) groups is 1. The number of rotatable bonds is 4. The number of hydrogen-bond donors (Lipinski definition) is 0. The van der Waals surface area contributed by atoms with Crippen LogP contribution in [0.2, 0.25) is 5.02 Å². The molecule has 0 spiro atoms. The number of amides is 1. The van der Waals surface area contributed by atoms with Crippen LogP contribution < -0.4 is 0 Å². The van der Waals surface area contributed by atoms with Crippen molar-refractivity contribution in [3.63, 3.8) is 0 Å². The predicted octanol–water partition coefficient (Wildman–Crippen LogP) is 3.32. The van der Waals surface area contributed by atoms with E-state index in [1.54, 1.807) is 4.90 Å². The smallest absolute Gasteiger partial charge is 0.255 e. The molecular weight excluding hydrogens is 264 g/mol. The largest absolute Gasteiger partial charge is 0.334 e. The third-order valence-electron chi connectivity index (χ3n) is 2.74. The summed E-state index contributed by atoms with van der Waals surface area (Å²) in [4.78, 5) is 13.9. The van der Waals surface area contributed by atoms with E-state index in [9.17, 15) is 9.18 Å². The molecule has 92 valence electrons. The Balaban J connectivity index is 2.22. The maximum atomic E-state index is 12.9. The third kappa shape index (κ3) is 2.90. The second-order valence-electron chi connectivity index (χ2n) is 4.04. The number of carbonyl (C=O) groups excluding carboxylic acids is 1. The van der Waals surface area contributed by atoms with Crippen molar-refractivity contribution in [3.8, 4) is 0 Å². The van der Waals surface area contributed by atoms with Gasteiger partial charge in [-0.1, -0.05) is 11.6 Å². The molecule has 17 heavy (non-hydrogen) atoms. The lowest BCUT2D eigenvalue weighted by atomic mass is 10.2. The van der Waals surface area contributed by atoms with E-state index in [1.807, 2.05) is 0 Å². The van der Waals surface area contributed by atoms with Gasteiger partial charge >= 0.3 is 0 Å². The lowest BCUT2D eigenvalue weighted by Crippen LogP contribution is -2.34. The number of benzene rings is 1. The lowest BCUT2D eigenvalue weighted by Gasteiger charge is -2.21. The van der Waals surface area contributed by atoms with E-state index in [0.717, 1.165) is 18.9 Å². The summed E-state index contributed by atoms with van der Waals surface area (Å²) in [5.41, 5.74) is 0.338. The zero-order valence-electron chi connectivity index (χ0n) is 9.13. The maximum absolute atomic E-state index is 12.9. The highest BCUT2D eigenvalue weighted by Gasteiger charge is 2.33. The average molecular weight is 276 g/mol. The van der Waals surface area contributed by atoms with E-state index < -0.39 is 5.82 Å². The summed E-state index contributed by atoms with van der Waals surface area (Å²) in [5, 5.41) is 0.148. The quantitative estimate of drug-likeness (QED) is 0.772. The van der Waals surface area contributed by atoms with Crippen LogP contribution in [0.5, 0.6) is 0 Å². The molecule has 0 aromatic heterocycles. The summed E-state index contributed by atoms with van der Waals surface area (Å²) >= 11 is 11.6. The van der Waals surface area contributed by atoms with Crippen LogP contribution in [0, 0.1) is 5.82 Å². The summed E-state index contributed by atoms with van der Waals surface area (Å²) in [5.74, 6) is -0.221. The Morgan fingerprint density at radius 2 is 2.18 bits per heavy atom. The Hall–Kier alpha value is -0.800. The van der Waals surface area contributed by atoms with Crippen molar-refractivity contribution in [2.45, 2.75) is 18.9 Å². The van der Waals surface area contributed by atoms with Crippen LogP contribution in [0.15, 0.2) is 18.2 Å². The molecule has 2 nitrogen and oxygen atoms in total. The Kier molecular flexibility index (Phi) is 3.89. The fraction of sp³-hybridized carbons (Fsp3) is 0.417. The van der Waals surface area contributed by atoms with Gasteiger partial charge in [0.2, 0.25) is 0 Å². The van der Waals surface area contributed by atoms with Gasteiger partial charge in [-0.3, -0.25) is 4.79 Å². The molecule has 1 fully saturated rings. The first-order valence-electron chi connectivity index (χ1n) is 5.45. The Morgan fingerprint density at radius 3 is 2.71 bits per heavy atom. The first kappa shape index (κ1) is 12.7. The van der Waals surface area contributed by atoms with Crippen LogP contribution in [0.3, 0.4) is 0 Å². The minimum Gasteiger partial charge on any atom is -0.334 e. The van der Waals surface area contributed by atoms with Crippen molar-refractivity contribution in [2.75, 3.05) is 12.4 Å². The number of hydrogen-bond acceptors (Lipinski definition) is 1. The van der Waals surface area contributed by atoms with E-state index in [0.29, 0.717) is 18.0 Å². The van der Waals surface area contributed by atoms with Gasteiger partial charge in [-0.2, -0.15) is 0 Å². The number of halogens is 3. The minimum absolute atomic E-state index is 0.148. The molecule has 1 aliphatic rings. The van der Waals surface area contributed by atoms with Crippen LogP contribution in [0.25, 0.3) is 0 Å². The van der Waals surface area contributed by atoms with Crippen LogP contribution in [-0.4, -0.2) is 29.3 Å². The summed E-state index contributed by atoms with van der Waals surface area (Å²) in [6.07, 6.45) is 2.00. The summed E-state index contributed by atoms with van der Waals surface area (Å²) in [6.45, 7) is 0.499. The van der Waals surface area contributed by atoms with Crippen LogP contribution in [-0.2, 0) is 0 Å². The van der Waals surface area contributed by atoms with Crippen molar-refractivity contribution in [2.24, 2.45) is 0 Å². The second-order valence-corrected chi connectivity index (χ2v) is 4.83. The SMILES string of the molecule is O=C(c1ccc(F)cc1Cl)N(CCCl)C1CC1. The standard InChI is InChI=1S/C12H12Cl2FNO/c13-5-6-16(9-2-3-9)12(17)10-4-1-8(15)7-11(10)14/h1,4,7,9H,2-3,5-6H2. The third-order valence-corrected chi connectivity index (χ3v) is 3.22. The Morgan fingerprint density at radius 1 is 1.47 bits per heavy atom. The van der Waals surface area contributed by atoms with Gasteiger partial charge in [0.05, 0.1) is 10.6 Å². The zero-order chi connectivity index (χ0) is 12.4. The van der Waals surface area contributed by atoms with Gasteiger partial charge in [0.1, 0.15) is 5.82 Å². The molecule has 0 radical (unpaired) electrons. The predicted molar refractivity (Wildman–Crippen MR) is 66.2 cm³/mol. The molecule has 1 amide bonds. The molecule has 1 aromatic carbocycles. The number of alkyl halides is 1. The van der Waals surface area contributed by atoms with Crippen molar-refractivity contribution in [1.29, 1.82) is 0 Å². The van der Waals surface area contributed by atoms with E-state index in [4.69, 9.17) is 23.2 Å². The van der Waals surface area contributed by atoms with Gasteiger partial charge in [0.15, 0.2) is 0 Å². The molecule has 0 aliphatic heterocycles. The highest BCUT2D eigenvalue weighted by molar-refractivity contribution is 6.33. The second kappa shape index (κ2) is 5.23. The molecule has 1 saturated carbocycles. The fourth-order valence-electron chi connectivity index (χ4n) is 1.74.